The van der Waals surface area contributed by atoms with Gasteiger partial charge in [-0.2, -0.15) is 0 Å². The molecule has 0 fully saturated rings. The van der Waals surface area contributed by atoms with Gasteiger partial charge in [0.1, 0.15) is 12.1 Å². The van der Waals surface area contributed by atoms with Gasteiger partial charge in [0.2, 0.25) is 17.7 Å². The van der Waals surface area contributed by atoms with Gasteiger partial charge in [-0.15, -0.1) is 0 Å². The molecule has 12 heteroatoms. The molecule has 5 atom stereocenters. The minimum atomic E-state index is -1.03. The number of methoxy groups -OCH3 is 1. The highest BCUT2D eigenvalue weighted by Crippen LogP contribution is 2.23. The van der Waals surface area contributed by atoms with Crippen molar-refractivity contribution >= 4 is 35.5 Å². The van der Waals surface area contributed by atoms with Crippen molar-refractivity contribution in [2.24, 2.45) is 17.8 Å². The number of unbranched alkanes of at least 4 members (excludes halogenated alkanes) is 2. The first kappa shape index (κ1) is 37.7. The molecular formula is C31H52N4O8. The van der Waals surface area contributed by atoms with Crippen molar-refractivity contribution in [1.82, 2.24) is 20.0 Å². The molecule has 12 nitrogen and oxygen atoms in total. The first-order valence-electron chi connectivity index (χ1n) is 15.2. The summed E-state index contributed by atoms with van der Waals surface area (Å²) < 4.78 is 5.51. The van der Waals surface area contributed by atoms with Gasteiger partial charge in [-0.05, 0) is 30.6 Å². The van der Waals surface area contributed by atoms with Gasteiger partial charge in [0, 0.05) is 46.3 Å². The molecule has 2 N–H and O–H groups in total. The maximum atomic E-state index is 13.8. The Balaban J connectivity index is 2.93. The molecule has 1 heterocycles. The molecule has 2 unspecified atom stereocenters. The Kier molecular flexibility index (Phi) is 15.6. The zero-order valence-electron chi connectivity index (χ0n) is 27.3. The standard InChI is InChI=1S/C31H52N4O8/c1-10-21(6)29(22(43-9)18-26(39)40)34(8)31(42)27(19(2)3)32-30(41)28(20(4)5)33(7)23(36)14-12-11-13-17-35-24(37)15-16-25(35)38/h15-16,19-22,27-29H,10-14,17-18H2,1-9H3,(H,32,41)(H,39,40)/t21-,22+,27?,28?,29-/m0/s1. The molecule has 0 aromatic heterocycles. The zero-order valence-corrected chi connectivity index (χ0v) is 27.3. The molecule has 0 bridgehead atoms. The van der Waals surface area contributed by atoms with Gasteiger partial charge in [0.25, 0.3) is 11.8 Å². The molecule has 1 rings (SSSR count). The summed E-state index contributed by atoms with van der Waals surface area (Å²) >= 11 is 0. The van der Waals surface area contributed by atoms with Gasteiger partial charge in [0.15, 0.2) is 0 Å². The molecule has 0 aliphatic carbocycles. The van der Waals surface area contributed by atoms with Crippen LogP contribution >= 0.6 is 0 Å². The topological polar surface area (TPSA) is 154 Å². The average Bonchev–Trinajstić information content (AvgIpc) is 3.26. The minimum absolute atomic E-state index is 0.0677. The van der Waals surface area contributed by atoms with Crippen molar-refractivity contribution in [3.8, 4) is 0 Å². The van der Waals surface area contributed by atoms with Crippen molar-refractivity contribution in [1.29, 1.82) is 0 Å². The minimum Gasteiger partial charge on any atom is -0.481 e. The summed E-state index contributed by atoms with van der Waals surface area (Å²) in [7, 11) is 4.61. The van der Waals surface area contributed by atoms with E-state index >= 15 is 0 Å². The van der Waals surface area contributed by atoms with Crippen LogP contribution in [0.25, 0.3) is 0 Å². The number of nitrogens with one attached hydrogen (secondary N) is 1. The fourth-order valence-electron chi connectivity index (χ4n) is 5.50. The van der Waals surface area contributed by atoms with Gasteiger partial charge in [-0.25, -0.2) is 0 Å². The maximum Gasteiger partial charge on any atom is 0.306 e. The third-order valence-electron chi connectivity index (χ3n) is 8.20. The number of ether oxygens (including phenoxy) is 1. The molecule has 244 valence electrons. The average molecular weight is 609 g/mol. The third-order valence-corrected chi connectivity index (χ3v) is 8.20. The Morgan fingerprint density at radius 3 is 1.98 bits per heavy atom. The number of carbonyl (C=O) groups is 6. The first-order valence-corrected chi connectivity index (χ1v) is 15.2. The summed E-state index contributed by atoms with van der Waals surface area (Å²) in [6, 6.07) is -2.25. The Morgan fingerprint density at radius 1 is 0.930 bits per heavy atom. The number of carboxylic acid groups (broad SMARTS) is 1. The van der Waals surface area contributed by atoms with E-state index in [9.17, 15) is 33.9 Å². The number of nitrogens with zero attached hydrogens (tertiary/aromatic N) is 3. The lowest BCUT2D eigenvalue weighted by molar-refractivity contribution is -0.149. The highest BCUT2D eigenvalue weighted by atomic mass is 16.5. The highest BCUT2D eigenvalue weighted by Gasteiger charge is 2.39. The Hall–Kier alpha value is -3.28. The second-order valence-corrected chi connectivity index (χ2v) is 12.1. The molecule has 5 amide bonds. The number of hydrogen-bond donors (Lipinski definition) is 2. The number of likely N-dealkylation sites (N-methyl/N-ethyl adjacent to an activating group) is 2. The Morgan fingerprint density at radius 2 is 1.51 bits per heavy atom. The number of imide groups is 1. The van der Waals surface area contributed by atoms with Gasteiger partial charge in [0.05, 0.1) is 18.6 Å². The number of amides is 5. The molecule has 0 spiro atoms. The number of aliphatic carboxylic acids is 1. The van der Waals surface area contributed by atoms with E-state index in [2.05, 4.69) is 5.32 Å². The van der Waals surface area contributed by atoms with E-state index in [1.807, 2.05) is 41.5 Å². The van der Waals surface area contributed by atoms with Gasteiger partial charge < -0.3 is 25.0 Å². The summed E-state index contributed by atoms with van der Waals surface area (Å²) in [6.45, 7) is 11.5. The third kappa shape index (κ3) is 10.7. The molecule has 1 aliphatic rings. The normalized spacial score (nSPS) is 16.7. The lowest BCUT2D eigenvalue weighted by Crippen LogP contribution is -2.60. The summed E-state index contributed by atoms with van der Waals surface area (Å²) in [6.07, 6.45) is 4.11. The number of carbonyl (C=O) groups excluding carboxylic acids is 5. The molecule has 1 aliphatic heterocycles. The van der Waals surface area contributed by atoms with E-state index < -0.39 is 36.1 Å². The van der Waals surface area contributed by atoms with Crippen LogP contribution in [0.1, 0.15) is 80.1 Å². The van der Waals surface area contributed by atoms with Crippen LogP contribution in [0.2, 0.25) is 0 Å². The summed E-state index contributed by atoms with van der Waals surface area (Å²) in [5, 5.41) is 12.3. The maximum absolute atomic E-state index is 13.8. The lowest BCUT2D eigenvalue weighted by atomic mass is 9.90. The van der Waals surface area contributed by atoms with Crippen molar-refractivity contribution in [3.05, 3.63) is 12.2 Å². The van der Waals surface area contributed by atoms with Crippen LogP contribution in [0.4, 0.5) is 0 Å². The van der Waals surface area contributed by atoms with Gasteiger partial charge in [-0.1, -0.05) is 54.4 Å². The molecule has 43 heavy (non-hydrogen) atoms. The van der Waals surface area contributed by atoms with E-state index in [4.69, 9.17) is 4.74 Å². The molecule has 0 saturated carbocycles. The van der Waals surface area contributed by atoms with Crippen molar-refractivity contribution in [2.45, 2.75) is 104 Å². The van der Waals surface area contributed by atoms with E-state index in [0.717, 1.165) is 0 Å². The van der Waals surface area contributed by atoms with Gasteiger partial charge in [-0.3, -0.25) is 33.7 Å². The number of carboxylic acids is 1. The van der Waals surface area contributed by atoms with Gasteiger partial charge >= 0.3 is 5.97 Å². The fourth-order valence-corrected chi connectivity index (χ4v) is 5.50. The van der Waals surface area contributed by atoms with Crippen LogP contribution in [0.15, 0.2) is 12.2 Å². The SMILES string of the molecule is CC[C@H](C)[C@@H]([C@@H](CC(=O)O)OC)N(C)C(=O)C(NC(=O)C(C(C)C)N(C)C(=O)CCCCCN1C(=O)C=CC1=O)C(C)C. The molecule has 0 aromatic carbocycles. The predicted molar refractivity (Wildman–Crippen MR) is 162 cm³/mol. The van der Waals surface area contributed by atoms with Crippen molar-refractivity contribution in [2.75, 3.05) is 27.7 Å². The molecule has 0 saturated heterocycles. The van der Waals surface area contributed by atoms with Crippen LogP contribution in [0, 0.1) is 17.8 Å². The summed E-state index contributed by atoms with van der Waals surface area (Å²) in [5.74, 6) is -3.30. The smallest absolute Gasteiger partial charge is 0.306 e. The predicted octanol–water partition coefficient (Wildman–Crippen LogP) is 2.46. The quantitative estimate of drug-likeness (QED) is 0.168. The van der Waals surface area contributed by atoms with E-state index in [1.165, 1.54) is 34.0 Å². The van der Waals surface area contributed by atoms with Crippen LogP contribution in [-0.2, 0) is 33.5 Å². The van der Waals surface area contributed by atoms with Crippen molar-refractivity contribution < 1.29 is 38.6 Å². The second-order valence-electron chi connectivity index (χ2n) is 12.1. The highest BCUT2D eigenvalue weighted by molar-refractivity contribution is 6.12. The molecule has 0 aromatic rings. The fraction of sp³-hybridized carbons (Fsp3) is 0.742. The van der Waals surface area contributed by atoms with Crippen LogP contribution in [0.5, 0.6) is 0 Å². The Bertz CT molecular complexity index is 1010. The summed E-state index contributed by atoms with van der Waals surface area (Å²) in [4.78, 5) is 79.4. The van der Waals surface area contributed by atoms with E-state index in [0.29, 0.717) is 32.2 Å². The lowest BCUT2D eigenvalue weighted by Gasteiger charge is -2.40. The van der Waals surface area contributed by atoms with Crippen LogP contribution < -0.4 is 5.32 Å². The Labute approximate surface area is 256 Å². The van der Waals surface area contributed by atoms with E-state index in [1.54, 1.807) is 14.1 Å². The second kappa shape index (κ2) is 17.7. The van der Waals surface area contributed by atoms with E-state index in [-0.39, 0.29) is 54.2 Å². The van der Waals surface area contributed by atoms with Crippen molar-refractivity contribution in [3.63, 3.8) is 0 Å². The molecular weight excluding hydrogens is 556 g/mol. The zero-order chi connectivity index (χ0) is 33.0. The largest absolute Gasteiger partial charge is 0.481 e. The van der Waals surface area contributed by atoms with Crippen LogP contribution in [0.3, 0.4) is 0 Å². The summed E-state index contributed by atoms with van der Waals surface area (Å²) in [5.41, 5.74) is 0. The number of rotatable bonds is 19. The molecule has 0 radical (unpaired) electrons. The number of hydrogen-bond acceptors (Lipinski definition) is 7. The monoisotopic (exact) mass is 608 g/mol. The first-order chi connectivity index (χ1) is 20.1. The van der Waals surface area contributed by atoms with Crippen LogP contribution in [-0.4, -0.2) is 107 Å².